The van der Waals surface area contributed by atoms with Gasteiger partial charge in [-0.25, -0.2) is 4.79 Å². The Hall–Kier alpha value is -2.43. The molecule has 0 amide bonds. The van der Waals surface area contributed by atoms with Crippen LogP contribution < -0.4 is 0 Å². The van der Waals surface area contributed by atoms with Crippen molar-refractivity contribution >= 4 is 17.7 Å². The van der Waals surface area contributed by atoms with Crippen molar-refractivity contribution in [2.24, 2.45) is 0 Å². The van der Waals surface area contributed by atoms with E-state index in [1.807, 2.05) is 0 Å². The van der Waals surface area contributed by atoms with Gasteiger partial charge in [0.15, 0.2) is 0 Å². The zero-order valence-corrected chi connectivity index (χ0v) is 9.91. The second-order valence-corrected chi connectivity index (χ2v) is 3.32. The Morgan fingerprint density at radius 2 is 2.22 bits per heavy atom. The fourth-order valence-corrected chi connectivity index (χ4v) is 1.23. The second kappa shape index (κ2) is 7.01. The van der Waals surface area contributed by atoms with Crippen LogP contribution in [0.1, 0.15) is 12.5 Å². The lowest BCUT2D eigenvalue weighted by molar-refractivity contribution is -0.384. The van der Waals surface area contributed by atoms with Crippen molar-refractivity contribution in [1.82, 2.24) is 0 Å². The molecular weight excluding hydrogens is 234 g/mol. The van der Waals surface area contributed by atoms with Gasteiger partial charge in [-0.3, -0.25) is 10.1 Å². The van der Waals surface area contributed by atoms with Crippen LogP contribution in [-0.4, -0.2) is 17.5 Å². The molecule has 1 rings (SSSR count). The molecular formula is C13H13NO4. The summed E-state index contributed by atoms with van der Waals surface area (Å²) in [4.78, 5) is 21.1. The summed E-state index contributed by atoms with van der Waals surface area (Å²) in [5, 5.41) is 10.6. The van der Waals surface area contributed by atoms with Crippen LogP contribution in [0.5, 0.6) is 0 Å². The van der Waals surface area contributed by atoms with Gasteiger partial charge in [-0.1, -0.05) is 30.4 Å². The number of carbonyl (C=O) groups excluding carboxylic acids is 1. The molecule has 0 bridgehead atoms. The Balaban J connectivity index is 2.64. The van der Waals surface area contributed by atoms with E-state index in [0.29, 0.717) is 12.2 Å². The molecule has 0 heterocycles. The van der Waals surface area contributed by atoms with Crippen LogP contribution in [0.15, 0.2) is 42.5 Å². The summed E-state index contributed by atoms with van der Waals surface area (Å²) in [6.07, 6.45) is 6.10. The summed E-state index contributed by atoms with van der Waals surface area (Å²) in [6.45, 7) is 2.06. The molecule has 0 saturated heterocycles. The molecule has 5 heteroatoms. The number of hydrogen-bond acceptors (Lipinski definition) is 4. The molecule has 0 spiro atoms. The highest BCUT2D eigenvalue weighted by Gasteiger charge is 2.03. The summed E-state index contributed by atoms with van der Waals surface area (Å²) >= 11 is 0. The minimum atomic E-state index is -0.453. The van der Waals surface area contributed by atoms with E-state index < -0.39 is 10.9 Å². The number of carbonyl (C=O) groups is 1. The van der Waals surface area contributed by atoms with Gasteiger partial charge in [0.25, 0.3) is 5.69 Å². The fraction of sp³-hybridized carbons (Fsp3) is 0.154. The van der Waals surface area contributed by atoms with Crippen molar-refractivity contribution in [3.8, 4) is 0 Å². The molecule has 0 unspecified atom stereocenters. The summed E-state index contributed by atoms with van der Waals surface area (Å²) in [5.74, 6) is -0.416. The number of non-ortho nitro benzene ring substituents is 1. The minimum absolute atomic E-state index is 0.0338. The molecule has 94 valence electrons. The van der Waals surface area contributed by atoms with Crippen LogP contribution in [0.3, 0.4) is 0 Å². The van der Waals surface area contributed by atoms with Gasteiger partial charge in [-0.2, -0.15) is 0 Å². The predicted octanol–water partition coefficient (Wildman–Crippen LogP) is 2.73. The molecule has 5 nitrogen and oxygen atoms in total. The maximum Gasteiger partial charge on any atom is 0.330 e. The zero-order valence-electron chi connectivity index (χ0n) is 9.91. The fourth-order valence-electron chi connectivity index (χ4n) is 1.23. The molecule has 0 atom stereocenters. The highest BCUT2D eigenvalue weighted by atomic mass is 16.6. The summed E-state index contributed by atoms with van der Waals surface area (Å²) in [6, 6.07) is 6.22. The lowest BCUT2D eigenvalue weighted by Crippen LogP contribution is -1.98. The second-order valence-electron chi connectivity index (χ2n) is 3.32. The Bertz CT molecular complexity index is 492. The maximum absolute atomic E-state index is 11.0. The Morgan fingerprint density at radius 1 is 1.44 bits per heavy atom. The van der Waals surface area contributed by atoms with Crippen molar-refractivity contribution in [2.45, 2.75) is 6.92 Å². The number of ether oxygens (including phenoxy) is 1. The number of benzene rings is 1. The van der Waals surface area contributed by atoms with Crippen LogP contribution in [0, 0.1) is 10.1 Å². The van der Waals surface area contributed by atoms with Crippen molar-refractivity contribution in [3.05, 3.63) is 58.2 Å². The van der Waals surface area contributed by atoms with Gasteiger partial charge < -0.3 is 4.74 Å². The normalized spacial score (nSPS) is 10.9. The number of nitro groups is 1. The van der Waals surface area contributed by atoms with E-state index >= 15 is 0 Å². The number of esters is 1. The van der Waals surface area contributed by atoms with E-state index in [2.05, 4.69) is 0 Å². The summed E-state index contributed by atoms with van der Waals surface area (Å²) in [7, 11) is 0. The van der Waals surface area contributed by atoms with E-state index in [4.69, 9.17) is 4.74 Å². The lowest BCUT2D eigenvalue weighted by atomic mass is 10.2. The van der Waals surface area contributed by atoms with Gasteiger partial charge in [0.2, 0.25) is 0 Å². The largest absolute Gasteiger partial charge is 0.463 e. The molecule has 0 aliphatic rings. The van der Waals surface area contributed by atoms with Gasteiger partial charge in [0, 0.05) is 18.2 Å². The number of rotatable bonds is 5. The number of nitrogens with zero attached hydrogens (tertiary/aromatic N) is 1. The van der Waals surface area contributed by atoms with Crippen molar-refractivity contribution in [1.29, 1.82) is 0 Å². The third-order valence-electron chi connectivity index (χ3n) is 2.00. The van der Waals surface area contributed by atoms with Gasteiger partial charge in [-0.15, -0.1) is 0 Å². The Kier molecular flexibility index (Phi) is 5.31. The van der Waals surface area contributed by atoms with Gasteiger partial charge >= 0.3 is 5.97 Å². The van der Waals surface area contributed by atoms with E-state index in [-0.39, 0.29) is 5.69 Å². The summed E-state index contributed by atoms with van der Waals surface area (Å²) in [5.41, 5.74) is 0.726. The lowest BCUT2D eigenvalue weighted by Gasteiger charge is -1.94. The van der Waals surface area contributed by atoms with Crippen LogP contribution >= 0.6 is 0 Å². The quantitative estimate of drug-likeness (QED) is 0.264. The van der Waals surface area contributed by atoms with E-state index in [9.17, 15) is 14.9 Å². The molecule has 0 aliphatic carbocycles. The topological polar surface area (TPSA) is 69.4 Å². The SMILES string of the molecule is CCOC(=O)C=CC=Cc1cccc([N+](=O)[O-])c1. The average Bonchev–Trinajstić information content (AvgIpc) is 2.35. The van der Waals surface area contributed by atoms with E-state index in [0.717, 1.165) is 0 Å². The first-order chi connectivity index (χ1) is 8.63. The number of nitro benzene ring substituents is 1. The predicted molar refractivity (Wildman–Crippen MR) is 67.9 cm³/mol. The standard InChI is InChI=1S/C13H13NO4/c1-2-18-13(15)9-4-3-6-11-7-5-8-12(10-11)14(16)17/h3-10H,2H2,1H3. The third-order valence-corrected chi connectivity index (χ3v) is 2.00. The first-order valence-corrected chi connectivity index (χ1v) is 5.39. The first kappa shape index (κ1) is 13.6. The third kappa shape index (κ3) is 4.61. The molecule has 18 heavy (non-hydrogen) atoms. The van der Waals surface area contributed by atoms with Crippen LogP contribution in [0.25, 0.3) is 6.08 Å². The van der Waals surface area contributed by atoms with Crippen LogP contribution in [0.4, 0.5) is 5.69 Å². The van der Waals surface area contributed by atoms with Gasteiger partial charge in [0.05, 0.1) is 11.5 Å². The van der Waals surface area contributed by atoms with Crippen LogP contribution in [0.2, 0.25) is 0 Å². The van der Waals surface area contributed by atoms with Gasteiger partial charge in [-0.05, 0) is 12.5 Å². The summed E-state index contributed by atoms with van der Waals surface area (Å²) < 4.78 is 4.70. The molecule has 1 aromatic carbocycles. The monoisotopic (exact) mass is 247 g/mol. The minimum Gasteiger partial charge on any atom is -0.463 e. The Morgan fingerprint density at radius 3 is 2.89 bits per heavy atom. The number of hydrogen-bond donors (Lipinski definition) is 0. The smallest absolute Gasteiger partial charge is 0.330 e. The molecule has 1 aromatic rings. The highest BCUT2D eigenvalue weighted by Crippen LogP contribution is 2.13. The molecule has 0 saturated carbocycles. The molecule has 0 aromatic heterocycles. The average molecular weight is 247 g/mol. The number of allylic oxidation sites excluding steroid dienone is 2. The zero-order chi connectivity index (χ0) is 13.4. The van der Waals surface area contributed by atoms with Gasteiger partial charge in [0.1, 0.15) is 0 Å². The Labute approximate surface area is 105 Å². The van der Waals surface area contributed by atoms with E-state index in [1.54, 1.807) is 31.2 Å². The van der Waals surface area contributed by atoms with Crippen molar-refractivity contribution in [3.63, 3.8) is 0 Å². The first-order valence-electron chi connectivity index (χ1n) is 5.39. The molecule has 0 radical (unpaired) electrons. The maximum atomic E-state index is 11.0. The molecule has 0 fully saturated rings. The highest BCUT2D eigenvalue weighted by molar-refractivity contribution is 5.82. The van der Waals surface area contributed by atoms with E-state index in [1.165, 1.54) is 24.3 Å². The van der Waals surface area contributed by atoms with Crippen molar-refractivity contribution in [2.75, 3.05) is 6.61 Å². The van der Waals surface area contributed by atoms with Crippen LogP contribution in [-0.2, 0) is 9.53 Å². The molecule has 0 N–H and O–H groups in total. The van der Waals surface area contributed by atoms with Crippen molar-refractivity contribution < 1.29 is 14.5 Å². The molecule has 0 aliphatic heterocycles.